The van der Waals surface area contributed by atoms with Gasteiger partial charge in [0.15, 0.2) is 23.3 Å². The Balaban J connectivity index is 1.47. The summed E-state index contributed by atoms with van der Waals surface area (Å²) in [4.78, 5) is 21.2. The minimum absolute atomic E-state index is 0.0616. The van der Waals surface area contributed by atoms with Gasteiger partial charge in [-0.1, -0.05) is 17.3 Å². The number of halogens is 1. The van der Waals surface area contributed by atoms with Gasteiger partial charge in [0.2, 0.25) is 11.7 Å². The van der Waals surface area contributed by atoms with Crippen molar-refractivity contribution in [3.05, 3.63) is 70.9 Å². The third-order valence-electron chi connectivity index (χ3n) is 4.23. The fourth-order valence-corrected chi connectivity index (χ4v) is 3.49. The molecule has 8 nitrogen and oxygen atoms in total. The van der Waals surface area contributed by atoms with E-state index in [4.69, 9.17) is 14.0 Å². The first-order chi connectivity index (χ1) is 15.0. The third-order valence-corrected chi connectivity index (χ3v) is 4.99. The summed E-state index contributed by atoms with van der Waals surface area (Å²) in [5, 5.41) is 8.62. The van der Waals surface area contributed by atoms with Gasteiger partial charge in [-0.25, -0.2) is 9.37 Å². The highest BCUT2D eigenvalue weighted by Crippen LogP contribution is 2.29. The van der Waals surface area contributed by atoms with Crippen LogP contribution in [0.25, 0.3) is 11.3 Å². The number of amides is 1. The molecular weight excluding hydrogens is 423 g/mol. The number of hydrogen-bond acceptors (Lipinski definition) is 8. The van der Waals surface area contributed by atoms with Crippen LogP contribution in [0.3, 0.4) is 0 Å². The summed E-state index contributed by atoms with van der Waals surface area (Å²) in [5.74, 6) is 0.463. The van der Waals surface area contributed by atoms with Crippen molar-refractivity contribution in [2.45, 2.75) is 13.5 Å². The number of rotatable bonds is 7. The Hall–Kier alpha value is -3.79. The van der Waals surface area contributed by atoms with Crippen molar-refractivity contribution in [3.63, 3.8) is 0 Å². The van der Waals surface area contributed by atoms with Crippen molar-refractivity contribution >= 4 is 22.4 Å². The number of aromatic nitrogens is 3. The standard InChI is InChI=1S/C21H17FN4O4S/c1-12-23-19(26-30-12)10-29-17-6-4-3-5-14(17)20(27)25-21-24-16(11-31-21)13-7-8-18(28-2)15(22)9-13/h3-9,11H,10H2,1-2H3,(H,24,25,27). The molecule has 10 heteroatoms. The van der Waals surface area contributed by atoms with Gasteiger partial charge < -0.3 is 14.0 Å². The molecule has 0 radical (unpaired) electrons. The normalized spacial score (nSPS) is 10.7. The molecule has 1 amide bonds. The number of hydrogen-bond donors (Lipinski definition) is 1. The highest BCUT2D eigenvalue weighted by molar-refractivity contribution is 7.14. The lowest BCUT2D eigenvalue weighted by Gasteiger charge is -2.09. The first-order valence-electron chi connectivity index (χ1n) is 9.15. The molecule has 4 aromatic rings. The van der Waals surface area contributed by atoms with Gasteiger partial charge in [0.1, 0.15) is 5.75 Å². The van der Waals surface area contributed by atoms with E-state index in [2.05, 4.69) is 20.4 Å². The zero-order valence-electron chi connectivity index (χ0n) is 16.6. The Kier molecular flexibility index (Phi) is 5.89. The second kappa shape index (κ2) is 8.92. The maximum absolute atomic E-state index is 14.0. The summed E-state index contributed by atoms with van der Waals surface area (Å²) in [6, 6.07) is 11.4. The van der Waals surface area contributed by atoms with Crippen LogP contribution in [-0.2, 0) is 6.61 Å². The van der Waals surface area contributed by atoms with Crippen molar-refractivity contribution in [3.8, 4) is 22.8 Å². The SMILES string of the molecule is COc1ccc(-c2csc(NC(=O)c3ccccc3OCc3noc(C)n3)n2)cc1F. The van der Waals surface area contributed by atoms with Crippen molar-refractivity contribution in [2.24, 2.45) is 0 Å². The number of thiazole rings is 1. The lowest BCUT2D eigenvalue weighted by Crippen LogP contribution is -2.13. The summed E-state index contributed by atoms with van der Waals surface area (Å²) in [6.45, 7) is 1.74. The monoisotopic (exact) mass is 440 g/mol. The third kappa shape index (κ3) is 4.69. The van der Waals surface area contributed by atoms with E-state index in [0.717, 1.165) is 0 Å². The quantitative estimate of drug-likeness (QED) is 0.452. The number of anilines is 1. The van der Waals surface area contributed by atoms with E-state index in [0.29, 0.717) is 39.4 Å². The number of para-hydroxylation sites is 1. The average molecular weight is 440 g/mol. The van der Waals surface area contributed by atoms with E-state index in [-0.39, 0.29) is 18.3 Å². The molecule has 0 aliphatic carbocycles. The fraction of sp³-hybridized carbons (Fsp3) is 0.143. The number of nitrogens with one attached hydrogen (secondary N) is 1. The average Bonchev–Trinajstić information content (AvgIpc) is 3.41. The van der Waals surface area contributed by atoms with Crippen molar-refractivity contribution in [2.75, 3.05) is 12.4 Å². The number of benzene rings is 2. The Morgan fingerprint density at radius 1 is 1.19 bits per heavy atom. The second-order valence-electron chi connectivity index (χ2n) is 6.36. The molecule has 0 unspecified atom stereocenters. The molecule has 0 aliphatic heterocycles. The van der Waals surface area contributed by atoms with E-state index in [9.17, 15) is 9.18 Å². The zero-order valence-corrected chi connectivity index (χ0v) is 17.4. The van der Waals surface area contributed by atoms with Gasteiger partial charge in [0, 0.05) is 17.9 Å². The van der Waals surface area contributed by atoms with Gasteiger partial charge in [-0.05, 0) is 30.3 Å². The van der Waals surface area contributed by atoms with Crippen LogP contribution in [-0.4, -0.2) is 28.1 Å². The Labute approximate surface area is 180 Å². The molecule has 31 heavy (non-hydrogen) atoms. The van der Waals surface area contributed by atoms with Gasteiger partial charge in [0.25, 0.3) is 5.91 Å². The molecule has 2 aromatic carbocycles. The maximum atomic E-state index is 14.0. The molecule has 0 aliphatic rings. The molecule has 1 N–H and O–H groups in total. The summed E-state index contributed by atoms with van der Waals surface area (Å²) >= 11 is 1.23. The summed E-state index contributed by atoms with van der Waals surface area (Å²) < 4.78 is 29.5. The maximum Gasteiger partial charge on any atom is 0.261 e. The number of ether oxygens (including phenoxy) is 2. The molecule has 0 fully saturated rings. The van der Waals surface area contributed by atoms with Gasteiger partial charge in [0.05, 0.1) is 18.4 Å². The lowest BCUT2D eigenvalue weighted by molar-refractivity contribution is 0.102. The van der Waals surface area contributed by atoms with Gasteiger partial charge in [-0.3, -0.25) is 10.1 Å². The lowest BCUT2D eigenvalue weighted by atomic mass is 10.1. The first kappa shape index (κ1) is 20.5. The predicted octanol–water partition coefficient (Wildman–Crippen LogP) is 4.48. The van der Waals surface area contributed by atoms with E-state index in [1.165, 1.54) is 30.6 Å². The Morgan fingerprint density at radius 2 is 2.03 bits per heavy atom. The predicted molar refractivity (Wildman–Crippen MR) is 112 cm³/mol. The fourth-order valence-electron chi connectivity index (χ4n) is 2.78. The van der Waals surface area contributed by atoms with Crippen LogP contribution in [0.15, 0.2) is 52.4 Å². The topological polar surface area (TPSA) is 99.4 Å². The molecule has 2 heterocycles. The van der Waals surface area contributed by atoms with E-state index >= 15 is 0 Å². The number of carbonyl (C=O) groups is 1. The van der Waals surface area contributed by atoms with Crippen LogP contribution < -0.4 is 14.8 Å². The van der Waals surface area contributed by atoms with E-state index in [1.54, 1.807) is 42.6 Å². The zero-order chi connectivity index (χ0) is 21.8. The van der Waals surface area contributed by atoms with Crippen LogP contribution in [0.1, 0.15) is 22.1 Å². The van der Waals surface area contributed by atoms with Gasteiger partial charge in [-0.15, -0.1) is 11.3 Å². The highest BCUT2D eigenvalue weighted by Gasteiger charge is 2.16. The number of aryl methyl sites for hydroxylation is 1. The van der Waals surface area contributed by atoms with Gasteiger partial charge in [-0.2, -0.15) is 4.98 Å². The van der Waals surface area contributed by atoms with Crippen molar-refractivity contribution in [1.82, 2.24) is 15.1 Å². The van der Waals surface area contributed by atoms with E-state index < -0.39 is 5.82 Å². The summed E-state index contributed by atoms with van der Waals surface area (Å²) in [7, 11) is 1.40. The van der Waals surface area contributed by atoms with E-state index in [1.807, 2.05) is 0 Å². The summed E-state index contributed by atoms with van der Waals surface area (Å²) in [6.07, 6.45) is 0. The highest BCUT2D eigenvalue weighted by atomic mass is 32.1. The minimum atomic E-state index is -0.485. The van der Waals surface area contributed by atoms with Crippen LogP contribution >= 0.6 is 11.3 Å². The van der Waals surface area contributed by atoms with Crippen LogP contribution in [0.4, 0.5) is 9.52 Å². The molecule has 0 saturated carbocycles. The molecule has 0 saturated heterocycles. The van der Waals surface area contributed by atoms with Crippen molar-refractivity contribution in [1.29, 1.82) is 0 Å². The molecule has 0 bridgehead atoms. The van der Waals surface area contributed by atoms with Crippen LogP contribution in [0, 0.1) is 12.7 Å². The van der Waals surface area contributed by atoms with Crippen LogP contribution in [0.5, 0.6) is 11.5 Å². The molecule has 0 atom stereocenters. The second-order valence-corrected chi connectivity index (χ2v) is 7.21. The first-order valence-corrected chi connectivity index (χ1v) is 10.0. The molecule has 158 valence electrons. The van der Waals surface area contributed by atoms with Crippen molar-refractivity contribution < 1.29 is 23.2 Å². The smallest absolute Gasteiger partial charge is 0.261 e. The number of carbonyl (C=O) groups excluding carboxylic acids is 1. The number of methoxy groups -OCH3 is 1. The Morgan fingerprint density at radius 3 is 2.77 bits per heavy atom. The molecule has 0 spiro atoms. The molecule has 2 aromatic heterocycles. The largest absolute Gasteiger partial charge is 0.494 e. The molecule has 4 rings (SSSR count). The van der Waals surface area contributed by atoms with Gasteiger partial charge >= 0.3 is 0 Å². The summed E-state index contributed by atoms with van der Waals surface area (Å²) in [5.41, 5.74) is 1.45. The molecular formula is C21H17FN4O4S. The Bertz CT molecular complexity index is 1220. The minimum Gasteiger partial charge on any atom is -0.494 e. The number of nitrogens with zero attached hydrogens (tertiary/aromatic N) is 3. The van der Waals surface area contributed by atoms with Crippen LogP contribution in [0.2, 0.25) is 0 Å².